The lowest BCUT2D eigenvalue weighted by Gasteiger charge is -2.17. The molecule has 0 fully saturated rings. The van der Waals surface area contributed by atoms with Crippen molar-refractivity contribution in [1.29, 1.82) is 0 Å². The lowest BCUT2D eigenvalue weighted by atomic mass is 10.1. The fourth-order valence-corrected chi connectivity index (χ4v) is 4.72. The number of rotatable bonds is 4. The van der Waals surface area contributed by atoms with Crippen molar-refractivity contribution in [3.05, 3.63) is 99.7 Å². The second-order valence-corrected chi connectivity index (χ2v) is 8.76. The average Bonchev–Trinajstić information content (AvgIpc) is 3.34. The summed E-state index contributed by atoms with van der Waals surface area (Å²) in [4.78, 5) is 45.4. The van der Waals surface area contributed by atoms with E-state index in [0.717, 1.165) is 16.5 Å². The van der Waals surface area contributed by atoms with Gasteiger partial charge in [-0.15, -0.1) is 0 Å². The van der Waals surface area contributed by atoms with Crippen molar-refractivity contribution in [3.8, 4) is 5.69 Å². The normalized spacial score (nSPS) is 13.3. The molecule has 8 heteroatoms. The Morgan fingerprint density at radius 3 is 2.37 bits per heavy atom. The first-order valence-corrected chi connectivity index (χ1v) is 11.3. The zero-order valence-corrected chi connectivity index (χ0v) is 19.2. The smallest absolute Gasteiger partial charge is 0.265 e. The second-order valence-electron chi connectivity index (χ2n) is 8.76. The van der Waals surface area contributed by atoms with Crippen LogP contribution in [0.15, 0.2) is 71.7 Å². The monoisotopic (exact) mass is 463 g/mol. The number of imide groups is 1. The van der Waals surface area contributed by atoms with Gasteiger partial charge in [-0.05, 0) is 55.0 Å². The Kier molecular flexibility index (Phi) is 4.63. The minimum absolute atomic E-state index is 0.116. The minimum atomic E-state index is -0.326. The molecule has 1 aliphatic rings. The Morgan fingerprint density at radius 2 is 1.63 bits per heavy atom. The molecular weight excluding hydrogens is 442 g/mol. The summed E-state index contributed by atoms with van der Waals surface area (Å²) in [5.74, 6) is -0.172. The summed E-state index contributed by atoms with van der Waals surface area (Å²) in [5, 5.41) is 5.69. The molecule has 5 aromatic rings. The van der Waals surface area contributed by atoms with Gasteiger partial charge in [-0.2, -0.15) is 5.10 Å². The Labute approximate surface area is 200 Å². The van der Waals surface area contributed by atoms with Crippen molar-refractivity contribution < 1.29 is 9.59 Å². The molecule has 0 radical (unpaired) electrons. The zero-order valence-electron chi connectivity index (χ0n) is 19.2. The molecule has 0 aliphatic carbocycles. The molecule has 2 amide bonds. The summed E-state index contributed by atoms with van der Waals surface area (Å²) in [6, 6.07) is 18.0. The molecule has 0 N–H and O–H groups in total. The Hall–Kier alpha value is -4.59. The highest BCUT2D eigenvalue weighted by Gasteiger charge is 2.35. The minimum Gasteiger partial charge on any atom is -0.274 e. The molecule has 3 heterocycles. The summed E-state index contributed by atoms with van der Waals surface area (Å²) < 4.78 is 3.34. The largest absolute Gasteiger partial charge is 0.274 e. The average molecular weight is 463 g/mol. The SMILES string of the molecule is Cc1ccc2c(=O)n(-c3ccc4c(cnn4C)c3)c(CCN3C(=O)c4ccccc4C3=O)nc2c1. The number of carbonyl (C=O) groups is 2. The lowest BCUT2D eigenvalue weighted by Crippen LogP contribution is -2.33. The molecule has 0 unspecified atom stereocenters. The van der Waals surface area contributed by atoms with Gasteiger partial charge < -0.3 is 0 Å². The Bertz CT molecular complexity index is 1710. The van der Waals surface area contributed by atoms with E-state index in [2.05, 4.69) is 5.10 Å². The molecule has 3 aromatic carbocycles. The van der Waals surface area contributed by atoms with E-state index in [4.69, 9.17) is 4.98 Å². The van der Waals surface area contributed by atoms with Crippen molar-refractivity contribution in [2.24, 2.45) is 7.05 Å². The second kappa shape index (κ2) is 7.73. The van der Waals surface area contributed by atoms with Crippen LogP contribution < -0.4 is 5.56 Å². The molecule has 1 aliphatic heterocycles. The van der Waals surface area contributed by atoms with Crippen molar-refractivity contribution in [3.63, 3.8) is 0 Å². The van der Waals surface area contributed by atoms with E-state index in [1.165, 1.54) is 4.90 Å². The third kappa shape index (κ3) is 3.25. The first-order valence-electron chi connectivity index (χ1n) is 11.3. The van der Waals surface area contributed by atoms with Gasteiger partial charge in [0.25, 0.3) is 17.4 Å². The Morgan fingerprint density at radius 1 is 0.886 bits per heavy atom. The fourth-order valence-electron chi connectivity index (χ4n) is 4.72. The van der Waals surface area contributed by atoms with E-state index in [1.54, 1.807) is 45.8 Å². The van der Waals surface area contributed by atoms with Crippen LogP contribution in [0.2, 0.25) is 0 Å². The van der Waals surface area contributed by atoms with Gasteiger partial charge in [0.1, 0.15) is 5.82 Å². The standard InChI is InChI=1S/C27H21N5O3/c1-16-7-9-21-22(13-16)29-24(11-12-31-25(33)19-5-3-4-6-20(19)26(31)34)32(27(21)35)18-8-10-23-17(14-18)15-28-30(23)2/h3-10,13-15H,11-12H2,1-2H3. The third-order valence-corrected chi connectivity index (χ3v) is 6.52. The number of aromatic nitrogens is 4. The maximum absolute atomic E-state index is 13.7. The van der Waals surface area contributed by atoms with Gasteiger partial charge in [0.2, 0.25) is 0 Å². The fraction of sp³-hybridized carbons (Fsp3) is 0.148. The van der Waals surface area contributed by atoms with Gasteiger partial charge in [-0.25, -0.2) is 4.98 Å². The van der Waals surface area contributed by atoms with Crippen LogP contribution in [0.5, 0.6) is 0 Å². The van der Waals surface area contributed by atoms with Crippen molar-refractivity contribution in [1.82, 2.24) is 24.2 Å². The van der Waals surface area contributed by atoms with E-state index >= 15 is 0 Å². The molecule has 35 heavy (non-hydrogen) atoms. The van der Waals surface area contributed by atoms with Gasteiger partial charge >= 0.3 is 0 Å². The summed E-state index contributed by atoms with van der Waals surface area (Å²) in [7, 11) is 1.86. The quantitative estimate of drug-likeness (QED) is 0.381. The number of benzene rings is 3. The first-order chi connectivity index (χ1) is 16.9. The van der Waals surface area contributed by atoms with E-state index in [9.17, 15) is 14.4 Å². The number of carbonyl (C=O) groups excluding carboxylic acids is 2. The van der Waals surface area contributed by atoms with Crippen LogP contribution in [-0.4, -0.2) is 42.6 Å². The highest BCUT2D eigenvalue weighted by Crippen LogP contribution is 2.24. The number of nitrogens with zero attached hydrogens (tertiary/aromatic N) is 5. The van der Waals surface area contributed by atoms with Crippen LogP contribution in [-0.2, 0) is 13.5 Å². The molecule has 6 rings (SSSR count). The van der Waals surface area contributed by atoms with Gasteiger partial charge in [-0.3, -0.25) is 28.5 Å². The van der Waals surface area contributed by atoms with Crippen LogP contribution in [0.1, 0.15) is 32.1 Å². The van der Waals surface area contributed by atoms with Crippen LogP contribution in [0.3, 0.4) is 0 Å². The first kappa shape index (κ1) is 21.0. The van der Waals surface area contributed by atoms with Crippen LogP contribution >= 0.6 is 0 Å². The maximum Gasteiger partial charge on any atom is 0.265 e. The van der Waals surface area contributed by atoms with Crippen molar-refractivity contribution in [2.75, 3.05) is 6.54 Å². The summed E-state index contributed by atoms with van der Waals surface area (Å²) in [5.41, 5.74) is 3.78. The topological polar surface area (TPSA) is 90.1 Å². The van der Waals surface area contributed by atoms with Crippen LogP contribution in [0, 0.1) is 6.92 Å². The predicted molar refractivity (Wildman–Crippen MR) is 132 cm³/mol. The van der Waals surface area contributed by atoms with E-state index in [-0.39, 0.29) is 30.3 Å². The maximum atomic E-state index is 13.7. The molecule has 0 spiro atoms. The molecule has 8 nitrogen and oxygen atoms in total. The molecule has 0 saturated carbocycles. The molecule has 0 saturated heterocycles. The van der Waals surface area contributed by atoms with Gasteiger partial charge in [0.05, 0.1) is 39.4 Å². The van der Waals surface area contributed by atoms with Gasteiger partial charge in [-0.1, -0.05) is 18.2 Å². The van der Waals surface area contributed by atoms with Crippen molar-refractivity contribution in [2.45, 2.75) is 13.3 Å². The van der Waals surface area contributed by atoms with E-state index in [1.807, 2.05) is 44.3 Å². The predicted octanol–water partition coefficient (Wildman–Crippen LogP) is 3.42. The van der Waals surface area contributed by atoms with E-state index in [0.29, 0.717) is 33.5 Å². The lowest BCUT2D eigenvalue weighted by molar-refractivity contribution is 0.0655. The number of hydrogen-bond donors (Lipinski definition) is 0. The van der Waals surface area contributed by atoms with Gasteiger partial charge in [0, 0.05) is 25.4 Å². The summed E-state index contributed by atoms with van der Waals surface area (Å²) in [6.07, 6.45) is 1.98. The Balaban J connectivity index is 1.46. The summed E-state index contributed by atoms with van der Waals surface area (Å²) >= 11 is 0. The number of hydrogen-bond acceptors (Lipinski definition) is 5. The highest BCUT2D eigenvalue weighted by atomic mass is 16.2. The molecule has 0 bridgehead atoms. The van der Waals surface area contributed by atoms with Crippen LogP contribution in [0.4, 0.5) is 0 Å². The van der Waals surface area contributed by atoms with Crippen molar-refractivity contribution >= 4 is 33.6 Å². The van der Waals surface area contributed by atoms with Crippen LogP contribution in [0.25, 0.3) is 27.5 Å². The highest BCUT2D eigenvalue weighted by molar-refractivity contribution is 6.21. The number of fused-ring (bicyclic) bond motifs is 3. The summed E-state index contributed by atoms with van der Waals surface area (Å²) in [6.45, 7) is 2.06. The van der Waals surface area contributed by atoms with Gasteiger partial charge in [0.15, 0.2) is 0 Å². The zero-order chi connectivity index (χ0) is 24.3. The third-order valence-electron chi connectivity index (χ3n) is 6.52. The number of amides is 2. The molecule has 0 atom stereocenters. The molecule has 2 aromatic heterocycles. The number of aryl methyl sites for hydroxylation is 2. The van der Waals surface area contributed by atoms with E-state index < -0.39 is 0 Å². The molecular formula is C27H21N5O3. The molecule has 172 valence electrons.